The van der Waals surface area contributed by atoms with E-state index >= 15 is 0 Å². The molecule has 2 aromatic rings. The van der Waals surface area contributed by atoms with Crippen molar-refractivity contribution in [2.75, 3.05) is 43.2 Å². The molecule has 1 aliphatic rings. The molecule has 0 N–H and O–H groups in total. The number of hydrogen-bond acceptors (Lipinski definition) is 4. The molecule has 1 aliphatic heterocycles. The van der Waals surface area contributed by atoms with Crippen LogP contribution in [-0.2, 0) is 4.74 Å². The van der Waals surface area contributed by atoms with Gasteiger partial charge in [-0.15, -0.1) is 0 Å². The summed E-state index contributed by atoms with van der Waals surface area (Å²) >= 11 is 0. The van der Waals surface area contributed by atoms with Crippen LogP contribution in [0.1, 0.15) is 50.7 Å². The number of rotatable bonds is 8. The van der Waals surface area contributed by atoms with Crippen molar-refractivity contribution in [2.45, 2.75) is 39.5 Å². The first-order valence-electron chi connectivity index (χ1n) is 10.2. The lowest BCUT2D eigenvalue weighted by Gasteiger charge is -2.27. The van der Waals surface area contributed by atoms with Crippen molar-refractivity contribution < 1.29 is 9.47 Å². The highest BCUT2D eigenvalue weighted by Gasteiger charge is 2.28. The maximum Gasteiger partial charge on any atom is 0.208 e. The summed E-state index contributed by atoms with van der Waals surface area (Å²) in [5.74, 6) is 1.80. The molecule has 0 bridgehead atoms. The molecule has 0 saturated carbocycles. The Kier molecular flexibility index (Phi) is 6.84. The molecule has 2 aromatic carbocycles. The van der Waals surface area contributed by atoms with Gasteiger partial charge in [-0.2, -0.15) is 0 Å². The average Bonchev–Trinajstić information content (AvgIpc) is 3.17. The highest BCUT2D eigenvalue weighted by molar-refractivity contribution is 5.68. The number of benzene rings is 2. The Hall–Kier alpha value is -2.20. The number of ether oxygens (including phenoxy) is 2. The highest BCUT2D eigenvalue weighted by atomic mass is 16.5. The largest absolute Gasteiger partial charge is 0.489 e. The fourth-order valence-electron chi connectivity index (χ4n) is 3.64. The number of nitrogens with zero attached hydrogens (tertiary/aromatic N) is 2. The van der Waals surface area contributed by atoms with E-state index in [1.165, 1.54) is 16.8 Å². The summed E-state index contributed by atoms with van der Waals surface area (Å²) in [6, 6.07) is 14.8. The average molecular weight is 381 g/mol. The van der Waals surface area contributed by atoms with Crippen LogP contribution in [0.5, 0.6) is 5.75 Å². The summed E-state index contributed by atoms with van der Waals surface area (Å²) in [5.41, 5.74) is 5.12. The Bertz CT molecular complexity index is 747. The van der Waals surface area contributed by atoms with Crippen LogP contribution in [0, 0.1) is 6.67 Å². The van der Waals surface area contributed by atoms with Crippen molar-refractivity contribution in [3.63, 3.8) is 0 Å². The SMILES string of the molecule is COCCOc1ccccc1N1[C]N(c2c(C(C)C)cccc2C(C)C)CC1. The molecule has 3 rings (SSSR count). The maximum absolute atomic E-state index is 5.93. The predicted molar refractivity (Wildman–Crippen MR) is 116 cm³/mol. The van der Waals surface area contributed by atoms with Gasteiger partial charge in [-0.1, -0.05) is 58.0 Å². The predicted octanol–water partition coefficient (Wildman–Crippen LogP) is 5.28. The molecule has 1 fully saturated rings. The first-order valence-corrected chi connectivity index (χ1v) is 10.2. The molecular formula is C24H32N2O2. The zero-order valence-electron chi connectivity index (χ0n) is 17.7. The van der Waals surface area contributed by atoms with E-state index in [4.69, 9.17) is 9.47 Å². The molecule has 0 spiro atoms. The molecule has 4 nitrogen and oxygen atoms in total. The number of hydrogen-bond donors (Lipinski definition) is 0. The van der Waals surface area contributed by atoms with E-state index in [1.807, 2.05) is 18.2 Å². The van der Waals surface area contributed by atoms with Crippen LogP contribution >= 0.6 is 0 Å². The van der Waals surface area contributed by atoms with Crippen LogP contribution < -0.4 is 14.5 Å². The smallest absolute Gasteiger partial charge is 0.208 e. The third kappa shape index (κ3) is 4.44. The normalized spacial score (nSPS) is 14.4. The molecule has 28 heavy (non-hydrogen) atoms. The van der Waals surface area contributed by atoms with Crippen LogP contribution in [0.25, 0.3) is 0 Å². The van der Waals surface area contributed by atoms with Gasteiger partial charge >= 0.3 is 0 Å². The van der Waals surface area contributed by atoms with E-state index in [0.717, 1.165) is 24.5 Å². The number of methoxy groups -OCH3 is 1. The molecular weight excluding hydrogens is 348 g/mol. The van der Waals surface area contributed by atoms with Crippen LogP contribution in [0.15, 0.2) is 42.5 Å². The molecule has 1 saturated heterocycles. The van der Waals surface area contributed by atoms with E-state index < -0.39 is 0 Å². The Labute approximate surface area is 170 Å². The molecule has 0 amide bonds. The minimum Gasteiger partial charge on any atom is -0.489 e. The second-order valence-corrected chi connectivity index (χ2v) is 7.81. The maximum atomic E-state index is 5.93. The lowest BCUT2D eigenvalue weighted by Crippen LogP contribution is -2.22. The van der Waals surface area contributed by atoms with E-state index in [0.29, 0.717) is 25.0 Å². The standard InChI is InChI=1S/C24H32N2O2/c1-18(2)20-9-8-10-21(19(3)4)24(20)26-14-13-25(17-26)22-11-6-7-12-23(22)28-16-15-27-5/h6-12,18-19H,13-16H2,1-5H3. The van der Waals surface area contributed by atoms with E-state index in [-0.39, 0.29) is 0 Å². The quantitative estimate of drug-likeness (QED) is 0.582. The molecule has 4 heteroatoms. The topological polar surface area (TPSA) is 24.9 Å². The van der Waals surface area contributed by atoms with Gasteiger partial charge in [0, 0.05) is 25.9 Å². The summed E-state index contributed by atoms with van der Waals surface area (Å²) in [6.45, 7) is 15.6. The Morgan fingerprint density at radius 1 is 0.857 bits per heavy atom. The second kappa shape index (κ2) is 9.33. The summed E-state index contributed by atoms with van der Waals surface area (Å²) < 4.78 is 11.0. The molecule has 2 radical (unpaired) electrons. The molecule has 0 atom stereocenters. The first-order chi connectivity index (χ1) is 13.5. The molecule has 150 valence electrons. The van der Waals surface area contributed by atoms with Gasteiger partial charge in [-0.05, 0) is 35.1 Å². The van der Waals surface area contributed by atoms with Gasteiger partial charge in [-0.25, -0.2) is 0 Å². The molecule has 0 aromatic heterocycles. The summed E-state index contributed by atoms with van der Waals surface area (Å²) in [7, 11) is 1.69. The number of para-hydroxylation sites is 3. The van der Waals surface area contributed by atoms with Crippen molar-refractivity contribution in [3.8, 4) is 5.75 Å². The minimum atomic E-state index is 0.467. The van der Waals surface area contributed by atoms with Gasteiger partial charge in [-0.3, -0.25) is 0 Å². The van der Waals surface area contributed by atoms with Gasteiger partial charge in [0.1, 0.15) is 12.4 Å². The zero-order valence-corrected chi connectivity index (χ0v) is 17.7. The number of anilines is 2. The fourth-order valence-corrected chi connectivity index (χ4v) is 3.64. The molecule has 1 heterocycles. The third-order valence-corrected chi connectivity index (χ3v) is 5.10. The lowest BCUT2D eigenvalue weighted by molar-refractivity contribution is 0.146. The van der Waals surface area contributed by atoms with Crippen molar-refractivity contribution in [2.24, 2.45) is 0 Å². The molecule has 0 aliphatic carbocycles. The van der Waals surface area contributed by atoms with Crippen molar-refractivity contribution in [3.05, 3.63) is 60.3 Å². The Balaban J connectivity index is 1.86. The van der Waals surface area contributed by atoms with Crippen LogP contribution in [-0.4, -0.2) is 33.4 Å². The van der Waals surface area contributed by atoms with E-state index in [1.54, 1.807) is 7.11 Å². The van der Waals surface area contributed by atoms with Crippen molar-refractivity contribution in [1.82, 2.24) is 0 Å². The monoisotopic (exact) mass is 380 g/mol. The van der Waals surface area contributed by atoms with Crippen molar-refractivity contribution >= 4 is 11.4 Å². The highest BCUT2D eigenvalue weighted by Crippen LogP contribution is 2.39. The van der Waals surface area contributed by atoms with Gasteiger partial charge in [0.05, 0.1) is 12.3 Å². The van der Waals surface area contributed by atoms with Crippen LogP contribution in [0.3, 0.4) is 0 Å². The summed E-state index contributed by atoms with van der Waals surface area (Å²) in [4.78, 5) is 4.46. The van der Waals surface area contributed by atoms with Gasteiger partial charge in [0.2, 0.25) is 6.67 Å². The minimum absolute atomic E-state index is 0.467. The van der Waals surface area contributed by atoms with E-state index in [2.05, 4.69) is 68.4 Å². The van der Waals surface area contributed by atoms with E-state index in [9.17, 15) is 0 Å². The third-order valence-electron chi connectivity index (χ3n) is 5.10. The van der Waals surface area contributed by atoms with Gasteiger partial charge in [0.25, 0.3) is 0 Å². The van der Waals surface area contributed by atoms with Gasteiger partial charge in [0.15, 0.2) is 0 Å². The molecule has 0 unspecified atom stereocenters. The Morgan fingerprint density at radius 3 is 2.14 bits per heavy atom. The first kappa shape index (κ1) is 20.5. The van der Waals surface area contributed by atoms with Crippen LogP contribution in [0.4, 0.5) is 11.4 Å². The van der Waals surface area contributed by atoms with Crippen molar-refractivity contribution in [1.29, 1.82) is 0 Å². The Morgan fingerprint density at radius 2 is 1.50 bits per heavy atom. The lowest BCUT2D eigenvalue weighted by atomic mass is 9.92. The van der Waals surface area contributed by atoms with Gasteiger partial charge < -0.3 is 19.3 Å². The fraction of sp³-hybridized carbons (Fsp3) is 0.458. The summed E-state index contributed by atoms with van der Waals surface area (Å²) in [6.07, 6.45) is 0. The summed E-state index contributed by atoms with van der Waals surface area (Å²) in [5, 5.41) is 0. The second-order valence-electron chi connectivity index (χ2n) is 7.81. The zero-order chi connectivity index (χ0) is 20.1. The van der Waals surface area contributed by atoms with Crippen LogP contribution in [0.2, 0.25) is 0 Å².